The Morgan fingerprint density at radius 3 is 1.46 bits per heavy atom. The summed E-state index contributed by atoms with van der Waals surface area (Å²) in [5.41, 5.74) is 4.88. The molecule has 0 spiro atoms. The molecule has 142 valence electrons. The second-order valence-corrected chi connectivity index (χ2v) is 3.72. The van der Waals surface area contributed by atoms with Gasteiger partial charge in [0.15, 0.2) is 0 Å². The Morgan fingerprint density at radius 1 is 0.917 bits per heavy atom. The van der Waals surface area contributed by atoms with Crippen LogP contribution in [0, 0.1) is 0 Å². The van der Waals surface area contributed by atoms with Crippen molar-refractivity contribution < 1.29 is 28.7 Å². The van der Waals surface area contributed by atoms with Crippen molar-refractivity contribution in [2.24, 2.45) is 5.73 Å². The highest BCUT2D eigenvalue weighted by molar-refractivity contribution is 5.92. The number of nitrogens with one attached hydrogen (secondary N) is 2. The molecule has 4 N–H and O–H groups in total. The number of ether oxygens (including phenoxy) is 2. The molecule has 2 amide bonds. The van der Waals surface area contributed by atoms with Gasteiger partial charge in [-0.15, -0.1) is 0 Å². The van der Waals surface area contributed by atoms with E-state index < -0.39 is 0 Å². The summed E-state index contributed by atoms with van der Waals surface area (Å²) in [5, 5.41) is 4.76. The van der Waals surface area contributed by atoms with Crippen molar-refractivity contribution >= 4 is 23.8 Å². The van der Waals surface area contributed by atoms with Crippen molar-refractivity contribution in [3.8, 4) is 0 Å². The van der Waals surface area contributed by atoms with Gasteiger partial charge in [0.1, 0.15) is 0 Å². The number of nitrogens with two attached hydrogens (primary N) is 1. The Bertz CT molecular complexity index is 315. The fourth-order valence-electron chi connectivity index (χ4n) is 0.966. The molecular formula is C15H31N3O6. The number of rotatable bonds is 4. The monoisotopic (exact) mass is 349 g/mol. The minimum atomic E-state index is -0.345. The molecule has 0 atom stereocenters. The van der Waals surface area contributed by atoms with Crippen molar-refractivity contribution in [3.63, 3.8) is 0 Å². The SMILES string of the molecule is CC.CCOC(=O)CC.CCOC(=O)CN.O=C1CNC(=O)CN1. The van der Waals surface area contributed by atoms with Crippen molar-refractivity contribution in [1.29, 1.82) is 0 Å². The lowest BCUT2D eigenvalue weighted by molar-refractivity contribution is -0.143. The Hall–Kier alpha value is -2.16. The van der Waals surface area contributed by atoms with Crippen LogP contribution in [0.1, 0.15) is 41.0 Å². The fourth-order valence-corrected chi connectivity index (χ4v) is 0.966. The van der Waals surface area contributed by atoms with Crippen molar-refractivity contribution in [2.75, 3.05) is 32.8 Å². The van der Waals surface area contributed by atoms with Gasteiger partial charge in [0, 0.05) is 6.42 Å². The Balaban J connectivity index is -0.000000263. The lowest BCUT2D eigenvalue weighted by atomic mass is 10.4. The predicted molar refractivity (Wildman–Crippen MR) is 90.0 cm³/mol. The van der Waals surface area contributed by atoms with Gasteiger partial charge in [0.25, 0.3) is 0 Å². The first-order chi connectivity index (χ1) is 11.4. The van der Waals surface area contributed by atoms with E-state index >= 15 is 0 Å². The fraction of sp³-hybridized carbons (Fsp3) is 0.733. The third-order valence-electron chi connectivity index (χ3n) is 1.96. The zero-order valence-electron chi connectivity index (χ0n) is 15.3. The van der Waals surface area contributed by atoms with Crippen LogP contribution in [-0.4, -0.2) is 56.6 Å². The average Bonchev–Trinajstić information content (AvgIpc) is 2.60. The lowest BCUT2D eigenvalue weighted by Crippen LogP contribution is -2.48. The van der Waals surface area contributed by atoms with Crippen LogP contribution in [-0.2, 0) is 28.7 Å². The number of carbonyl (C=O) groups excluding carboxylic acids is 4. The molecule has 1 aliphatic rings. The summed E-state index contributed by atoms with van der Waals surface area (Å²) in [5.74, 6) is -0.709. The second kappa shape index (κ2) is 20.8. The first-order valence-electron chi connectivity index (χ1n) is 7.95. The molecule has 0 saturated carbocycles. The minimum Gasteiger partial charge on any atom is -0.466 e. The number of carbonyl (C=O) groups is 4. The molecule has 1 rings (SSSR count). The van der Waals surface area contributed by atoms with Crippen LogP contribution in [0.2, 0.25) is 0 Å². The van der Waals surface area contributed by atoms with E-state index in [0.29, 0.717) is 19.6 Å². The number of piperazine rings is 1. The zero-order chi connectivity index (χ0) is 19.4. The van der Waals surface area contributed by atoms with Crippen LogP contribution in [0.3, 0.4) is 0 Å². The Morgan fingerprint density at radius 2 is 1.29 bits per heavy atom. The summed E-state index contributed by atoms with van der Waals surface area (Å²) < 4.78 is 8.98. The van der Waals surface area contributed by atoms with Gasteiger partial charge >= 0.3 is 11.9 Å². The van der Waals surface area contributed by atoms with Gasteiger partial charge in [-0.05, 0) is 13.8 Å². The third kappa shape index (κ3) is 22.1. The minimum absolute atomic E-state index is 0.0200. The van der Waals surface area contributed by atoms with Crippen LogP contribution in [0.4, 0.5) is 0 Å². The number of hydrogen-bond acceptors (Lipinski definition) is 7. The molecule has 1 aliphatic heterocycles. The van der Waals surface area contributed by atoms with Crippen molar-refractivity contribution in [3.05, 3.63) is 0 Å². The summed E-state index contributed by atoms with van der Waals surface area (Å²) in [6.07, 6.45) is 0.480. The molecule has 9 nitrogen and oxygen atoms in total. The maximum absolute atomic E-state index is 10.3. The zero-order valence-corrected chi connectivity index (χ0v) is 15.3. The van der Waals surface area contributed by atoms with Crippen LogP contribution in [0.5, 0.6) is 0 Å². The van der Waals surface area contributed by atoms with E-state index in [1.165, 1.54) is 0 Å². The summed E-state index contributed by atoms with van der Waals surface area (Å²) in [6, 6.07) is 0. The average molecular weight is 349 g/mol. The number of hydrogen-bond donors (Lipinski definition) is 3. The summed E-state index contributed by atoms with van der Waals surface area (Å²) in [6.45, 7) is 10.5. The Kier molecular flexibility index (Phi) is 23.2. The normalized spacial score (nSPS) is 11.6. The van der Waals surface area contributed by atoms with E-state index in [1.807, 2.05) is 13.8 Å². The van der Waals surface area contributed by atoms with Crippen LogP contribution in [0.15, 0.2) is 0 Å². The van der Waals surface area contributed by atoms with Gasteiger partial charge in [0.2, 0.25) is 11.8 Å². The molecule has 0 aromatic carbocycles. The van der Waals surface area contributed by atoms with E-state index in [9.17, 15) is 19.2 Å². The van der Waals surface area contributed by atoms with E-state index in [2.05, 4.69) is 20.1 Å². The number of esters is 2. The number of amides is 2. The predicted octanol–water partition coefficient (Wildman–Crippen LogP) is -0.274. The molecule has 1 heterocycles. The van der Waals surface area contributed by atoms with Crippen LogP contribution >= 0.6 is 0 Å². The molecule has 1 saturated heterocycles. The molecule has 0 radical (unpaired) electrons. The molecule has 0 aromatic rings. The summed E-state index contributed by atoms with van der Waals surface area (Å²) in [4.78, 5) is 40.8. The molecule has 0 unspecified atom stereocenters. The molecule has 0 bridgehead atoms. The van der Waals surface area contributed by atoms with E-state index in [1.54, 1.807) is 20.8 Å². The summed E-state index contributed by atoms with van der Waals surface area (Å²) >= 11 is 0. The second-order valence-electron chi connectivity index (χ2n) is 3.72. The third-order valence-corrected chi connectivity index (χ3v) is 1.96. The van der Waals surface area contributed by atoms with Crippen molar-refractivity contribution in [2.45, 2.75) is 41.0 Å². The van der Waals surface area contributed by atoms with E-state index in [-0.39, 0.29) is 43.4 Å². The van der Waals surface area contributed by atoms with Gasteiger partial charge in [-0.2, -0.15) is 0 Å². The van der Waals surface area contributed by atoms with Gasteiger partial charge in [-0.3, -0.25) is 19.2 Å². The molecule has 9 heteroatoms. The maximum Gasteiger partial charge on any atom is 0.319 e. The molecule has 0 aliphatic carbocycles. The van der Waals surface area contributed by atoms with Crippen LogP contribution in [0.25, 0.3) is 0 Å². The van der Waals surface area contributed by atoms with Crippen molar-refractivity contribution in [1.82, 2.24) is 10.6 Å². The summed E-state index contributed by atoms with van der Waals surface area (Å²) in [7, 11) is 0. The maximum atomic E-state index is 10.3. The smallest absolute Gasteiger partial charge is 0.319 e. The van der Waals surface area contributed by atoms with E-state index in [4.69, 9.17) is 5.73 Å². The molecule has 24 heavy (non-hydrogen) atoms. The molecule has 0 aromatic heterocycles. The quantitative estimate of drug-likeness (QED) is 0.594. The van der Waals surface area contributed by atoms with Gasteiger partial charge in [-0.1, -0.05) is 20.8 Å². The lowest BCUT2D eigenvalue weighted by Gasteiger charge is -2.10. The first kappa shape index (κ1) is 26.7. The van der Waals surface area contributed by atoms with Gasteiger partial charge in [-0.25, -0.2) is 0 Å². The van der Waals surface area contributed by atoms with Crippen LogP contribution < -0.4 is 16.4 Å². The highest BCUT2D eigenvalue weighted by atomic mass is 16.5. The highest BCUT2D eigenvalue weighted by Crippen LogP contribution is 1.80. The topological polar surface area (TPSA) is 137 Å². The molecule has 1 fully saturated rings. The van der Waals surface area contributed by atoms with Gasteiger partial charge < -0.3 is 25.8 Å². The molecular weight excluding hydrogens is 318 g/mol. The van der Waals surface area contributed by atoms with Gasteiger partial charge in [0.05, 0.1) is 32.8 Å². The van der Waals surface area contributed by atoms with E-state index in [0.717, 1.165) is 0 Å². The Labute approximate surface area is 143 Å². The standard InChI is InChI=1S/C5H10O2.C4H6N2O2.C4H9NO2.C2H6/c1-3-5(6)7-4-2;7-3-1-5-4(8)2-6-3;1-2-7-4(6)3-5;1-2/h3-4H2,1-2H3;1-2H2,(H,5,8)(H,6,7);2-3,5H2,1H3;1-2H3. The first-order valence-corrected chi connectivity index (χ1v) is 7.95. The highest BCUT2D eigenvalue weighted by Gasteiger charge is 2.11. The largest absolute Gasteiger partial charge is 0.466 e.